The molecule has 5 nitrogen and oxygen atoms in total. The average Bonchev–Trinajstić information content (AvgIpc) is 2.48. The van der Waals surface area contributed by atoms with Crippen LogP contribution in [0.3, 0.4) is 0 Å². The van der Waals surface area contributed by atoms with Crippen molar-refractivity contribution in [2.75, 3.05) is 11.9 Å². The van der Waals surface area contributed by atoms with Crippen LogP contribution in [-0.4, -0.2) is 28.3 Å². The van der Waals surface area contributed by atoms with Crippen molar-refractivity contribution in [2.24, 2.45) is 0 Å². The summed E-state index contributed by atoms with van der Waals surface area (Å²) in [6.45, 7) is 5.00. The van der Waals surface area contributed by atoms with Gasteiger partial charge in [0.25, 0.3) is 0 Å². The lowest BCUT2D eigenvalue weighted by Crippen LogP contribution is -2.51. The Morgan fingerprint density at radius 3 is 3.00 bits per heavy atom. The van der Waals surface area contributed by atoms with Crippen molar-refractivity contribution < 1.29 is 4.79 Å². The molecule has 2 N–H and O–H groups in total. The number of rotatable bonds is 3. The first-order chi connectivity index (χ1) is 7.18. The van der Waals surface area contributed by atoms with E-state index >= 15 is 0 Å². The fraction of sp³-hybridized carbons (Fsp3) is 0.600. The summed E-state index contributed by atoms with van der Waals surface area (Å²) in [5, 5.41) is 10.1. The van der Waals surface area contributed by atoms with E-state index in [-0.39, 0.29) is 18.0 Å². The first kappa shape index (κ1) is 10.2. The van der Waals surface area contributed by atoms with Crippen molar-refractivity contribution >= 4 is 11.7 Å². The van der Waals surface area contributed by atoms with E-state index in [9.17, 15) is 4.79 Å². The lowest BCUT2D eigenvalue weighted by molar-refractivity contribution is -0.119. The van der Waals surface area contributed by atoms with E-state index in [0.29, 0.717) is 0 Å². The molecule has 5 heteroatoms. The molecule has 1 saturated heterocycles. The number of anilines is 1. The third-order valence-corrected chi connectivity index (χ3v) is 2.55. The van der Waals surface area contributed by atoms with Gasteiger partial charge in [0.2, 0.25) is 5.91 Å². The molecule has 82 valence electrons. The molecule has 1 amide bonds. The van der Waals surface area contributed by atoms with Gasteiger partial charge in [-0.2, -0.15) is 5.10 Å². The van der Waals surface area contributed by atoms with Crippen molar-refractivity contribution in [1.29, 1.82) is 0 Å². The Morgan fingerprint density at radius 2 is 2.47 bits per heavy atom. The number of hydrogen-bond donors (Lipinski definition) is 2. The minimum atomic E-state index is -0.0273. The van der Waals surface area contributed by atoms with E-state index in [2.05, 4.69) is 15.7 Å². The minimum Gasteiger partial charge on any atom is -0.310 e. The zero-order valence-corrected chi connectivity index (χ0v) is 9.03. The van der Waals surface area contributed by atoms with Crippen LogP contribution in [0.5, 0.6) is 0 Å². The molecule has 0 radical (unpaired) electrons. The molecule has 0 saturated carbocycles. The summed E-state index contributed by atoms with van der Waals surface area (Å²) in [4.78, 5) is 11.7. The molecule has 1 atom stereocenters. The lowest BCUT2D eigenvalue weighted by Gasteiger charge is -2.26. The highest BCUT2D eigenvalue weighted by atomic mass is 16.2. The maximum absolute atomic E-state index is 11.7. The second kappa shape index (κ2) is 4.02. The van der Waals surface area contributed by atoms with Gasteiger partial charge in [-0.05, 0) is 26.8 Å². The molecule has 1 aliphatic rings. The Labute approximate surface area is 88.8 Å². The zero-order valence-electron chi connectivity index (χ0n) is 9.03. The predicted molar refractivity (Wildman–Crippen MR) is 57.6 cm³/mol. The quantitative estimate of drug-likeness (QED) is 0.771. The van der Waals surface area contributed by atoms with E-state index in [0.717, 1.165) is 18.8 Å². The van der Waals surface area contributed by atoms with Crippen LogP contribution in [-0.2, 0) is 4.79 Å². The highest BCUT2D eigenvalue weighted by Gasteiger charge is 2.25. The minimum absolute atomic E-state index is 0.0273. The van der Waals surface area contributed by atoms with Crippen molar-refractivity contribution in [3.63, 3.8) is 0 Å². The highest BCUT2D eigenvalue weighted by molar-refractivity contribution is 5.94. The fourth-order valence-electron chi connectivity index (χ4n) is 1.55. The maximum atomic E-state index is 11.7. The molecule has 1 aliphatic heterocycles. The summed E-state index contributed by atoms with van der Waals surface area (Å²) in [5.41, 5.74) is 0. The number of carbonyl (C=O) groups excluding carboxylic acids is 1. The molecular formula is C10H16N4O. The van der Waals surface area contributed by atoms with Gasteiger partial charge in [-0.15, -0.1) is 0 Å². The topological polar surface area (TPSA) is 59.0 Å². The van der Waals surface area contributed by atoms with Gasteiger partial charge in [-0.25, -0.2) is 4.68 Å². The molecule has 0 aliphatic carbocycles. The number of aromatic nitrogens is 2. The summed E-state index contributed by atoms with van der Waals surface area (Å²) >= 11 is 0. The summed E-state index contributed by atoms with van der Waals surface area (Å²) in [6, 6.07) is 2.04. The van der Waals surface area contributed by atoms with Gasteiger partial charge >= 0.3 is 0 Å². The van der Waals surface area contributed by atoms with Crippen molar-refractivity contribution in [1.82, 2.24) is 15.1 Å². The number of amides is 1. The number of hydrogen-bond acceptors (Lipinski definition) is 3. The Bertz CT molecular complexity index is 354. The van der Waals surface area contributed by atoms with Crippen LogP contribution in [0.25, 0.3) is 0 Å². The summed E-state index contributed by atoms with van der Waals surface area (Å²) in [5.74, 6) is 0.798. The van der Waals surface area contributed by atoms with E-state index in [1.807, 2.05) is 19.9 Å². The van der Waals surface area contributed by atoms with Crippen LogP contribution in [0.4, 0.5) is 5.82 Å². The van der Waals surface area contributed by atoms with Crippen LogP contribution in [0.1, 0.15) is 26.3 Å². The molecular weight excluding hydrogens is 192 g/mol. The largest absolute Gasteiger partial charge is 0.310 e. The molecule has 15 heavy (non-hydrogen) atoms. The monoisotopic (exact) mass is 208 g/mol. The van der Waals surface area contributed by atoms with Gasteiger partial charge in [-0.3, -0.25) is 4.79 Å². The van der Waals surface area contributed by atoms with Crippen LogP contribution in [0, 0.1) is 0 Å². The van der Waals surface area contributed by atoms with Gasteiger partial charge in [0.05, 0.1) is 12.2 Å². The van der Waals surface area contributed by atoms with Crippen molar-refractivity contribution in [3.05, 3.63) is 12.3 Å². The molecule has 0 spiro atoms. The molecule has 0 aromatic carbocycles. The van der Waals surface area contributed by atoms with E-state index in [4.69, 9.17) is 0 Å². The van der Waals surface area contributed by atoms with Crippen molar-refractivity contribution in [3.8, 4) is 0 Å². The third kappa shape index (κ3) is 2.02. The highest BCUT2D eigenvalue weighted by Crippen LogP contribution is 2.14. The lowest BCUT2D eigenvalue weighted by atomic mass is 10.1. The van der Waals surface area contributed by atoms with Gasteiger partial charge < -0.3 is 10.6 Å². The molecule has 0 unspecified atom stereocenters. The average molecular weight is 208 g/mol. The molecule has 1 aromatic heterocycles. The van der Waals surface area contributed by atoms with Gasteiger partial charge in [-0.1, -0.05) is 0 Å². The number of carbonyl (C=O) groups is 1. The maximum Gasteiger partial charge on any atom is 0.242 e. The van der Waals surface area contributed by atoms with Crippen molar-refractivity contribution in [2.45, 2.75) is 32.4 Å². The van der Waals surface area contributed by atoms with Crippen LogP contribution < -0.4 is 10.6 Å². The fourth-order valence-corrected chi connectivity index (χ4v) is 1.55. The van der Waals surface area contributed by atoms with Crippen LogP contribution in [0.15, 0.2) is 12.3 Å². The second-order valence-corrected chi connectivity index (χ2v) is 4.04. The van der Waals surface area contributed by atoms with Gasteiger partial charge in [0.1, 0.15) is 5.82 Å². The Balaban J connectivity index is 2.03. The zero-order chi connectivity index (χ0) is 10.8. The van der Waals surface area contributed by atoms with Crippen LogP contribution >= 0.6 is 0 Å². The summed E-state index contributed by atoms with van der Waals surface area (Å²) < 4.78 is 1.80. The number of nitrogens with one attached hydrogen (secondary N) is 2. The SMILES string of the molecule is CC(C)n1nccc1NC(=O)[C@H]1CCN1. The normalized spacial score (nSPS) is 20.1. The van der Waals surface area contributed by atoms with Crippen LogP contribution in [0.2, 0.25) is 0 Å². The number of nitrogens with zero attached hydrogens (tertiary/aromatic N) is 2. The smallest absolute Gasteiger partial charge is 0.242 e. The predicted octanol–water partition coefficient (Wildman–Crippen LogP) is 0.764. The van der Waals surface area contributed by atoms with E-state index in [1.54, 1.807) is 10.9 Å². The standard InChI is InChI=1S/C10H16N4O/c1-7(2)14-9(4-6-12-14)13-10(15)8-3-5-11-8/h4,6-8,11H,3,5H2,1-2H3,(H,13,15)/t8-/m1/s1. The third-order valence-electron chi connectivity index (χ3n) is 2.55. The molecule has 0 bridgehead atoms. The Morgan fingerprint density at radius 1 is 1.73 bits per heavy atom. The van der Waals surface area contributed by atoms with E-state index < -0.39 is 0 Å². The Kier molecular flexibility index (Phi) is 2.73. The van der Waals surface area contributed by atoms with Gasteiger partial charge in [0, 0.05) is 12.1 Å². The van der Waals surface area contributed by atoms with Gasteiger partial charge in [0.15, 0.2) is 0 Å². The molecule has 1 aromatic rings. The second-order valence-electron chi connectivity index (χ2n) is 4.04. The Hall–Kier alpha value is -1.36. The summed E-state index contributed by atoms with van der Waals surface area (Å²) in [6.07, 6.45) is 2.62. The molecule has 2 rings (SSSR count). The van der Waals surface area contributed by atoms with E-state index in [1.165, 1.54) is 0 Å². The summed E-state index contributed by atoms with van der Waals surface area (Å²) in [7, 11) is 0. The molecule has 2 heterocycles. The first-order valence-corrected chi connectivity index (χ1v) is 5.26. The molecule has 1 fully saturated rings. The first-order valence-electron chi connectivity index (χ1n) is 5.26.